The van der Waals surface area contributed by atoms with Crippen LogP contribution >= 0.6 is 23.2 Å². The summed E-state index contributed by atoms with van der Waals surface area (Å²) in [4.78, 5) is 25.0. The summed E-state index contributed by atoms with van der Waals surface area (Å²) in [5.41, 5.74) is 2.99. The number of carbonyl (C=O) groups excluding carboxylic acids is 1. The number of H-pyrrole nitrogens is 2. The topological polar surface area (TPSA) is 74.0 Å². The molecule has 0 unspecified atom stereocenters. The third-order valence-corrected chi connectivity index (χ3v) is 5.51. The second-order valence-electron chi connectivity index (χ2n) is 6.03. The van der Waals surface area contributed by atoms with E-state index in [2.05, 4.69) is 15.0 Å². The molecule has 8 heteroatoms. The Balaban J connectivity index is 1.74. The van der Waals surface area contributed by atoms with Crippen molar-refractivity contribution in [3.05, 3.63) is 45.5 Å². The van der Waals surface area contributed by atoms with Crippen molar-refractivity contribution in [1.82, 2.24) is 19.9 Å². The van der Waals surface area contributed by atoms with E-state index in [-0.39, 0.29) is 17.8 Å². The maximum absolute atomic E-state index is 12.8. The smallest absolute Gasteiger partial charge is 0.290 e. The van der Waals surface area contributed by atoms with Crippen LogP contribution in [0.4, 0.5) is 0 Å². The van der Waals surface area contributed by atoms with Gasteiger partial charge in [0, 0.05) is 29.6 Å². The van der Waals surface area contributed by atoms with E-state index < -0.39 is 0 Å². The molecular weight excluding hydrogens is 363 g/mol. The molecule has 1 aliphatic rings. The van der Waals surface area contributed by atoms with Gasteiger partial charge in [-0.1, -0.05) is 29.3 Å². The van der Waals surface area contributed by atoms with Crippen molar-refractivity contribution in [2.45, 2.75) is 19.4 Å². The maximum atomic E-state index is 12.8. The van der Waals surface area contributed by atoms with E-state index in [9.17, 15) is 4.79 Å². The lowest BCUT2D eigenvalue weighted by molar-refractivity contribution is 0.0666. The summed E-state index contributed by atoms with van der Waals surface area (Å²) in [5, 5.41) is 2.01. The van der Waals surface area contributed by atoms with Gasteiger partial charge in [-0.15, -0.1) is 0 Å². The van der Waals surface area contributed by atoms with Gasteiger partial charge in [-0.2, -0.15) is 0 Å². The van der Waals surface area contributed by atoms with E-state index in [1.54, 1.807) is 11.0 Å². The zero-order valence-corrected chi connectivity index (χ0v) is 15.2. The second-order valence-corrected chi connectivity index (χ2v) is 6.81. The van der Waals surface area contributed by atoms with Crippen LogP contribution in [0, 0.1) is 0 Å². The Hall–Kier alpha value is -2.18. The first kappa shape index (κ1) is 16.3. The van der Waals surface area contributed by atoms with Crippen molar-refractivity contribution in [3.63, 3.8) is 0 Å². The summed E-state index contributed by atoms with van der Waals surface area (Å²) >= 11 is 12.5. The van der Waals surface area contributed by atoms with Crippen molar-refractivity contribution in [2.24, 2.45) is 0 Å². The highest BCUT2D eigenvalue weighted by Crippen LogP contribution is 2.40. The van der Waals surface area contributed by atoms with Crippen molar-refractivity contribution in [3.8, 4) is 5.88 Å². The van der Waals surface area contributed by atoms with Crippen LogP contribution in [0.3, 0.4) is 0 Å². The first-order chi connectivity index (χ1) is 12.0. The number of benzene rings is 1. The van der Waals surface area contributed by atoms with Gasteiger partial charge >= 0.3 is 0 Å². The van der Waals surface area contributed by atoms with E-state index >= 15 is 0 Å². The van der Waals surface area contributed by atoms with Crippen LogP contribution in [0.5, 0.6) is 5.88 Å². The fourth-order valence-corrected chi connectivity index (χ4v) is 3.83. The van der Waals surface area contributed by atoms with Crippen molar-refractivity contribution in [2.75, 3.05) is 13.7 Å². The number of nitrogens with one attached hydrogen (secondary N) is 2. The van der Waals surface area contributed by atoms with Gasteiger partial charge in [0.15, 0.2) is 5.82 Å². The Labute approximate surface area is 154 Å². The molecule has 0 bridgehead atoms. The van der Waals surface area contributed by atoms with Crippen LogP contribution in [0.1, 0.15) is 34.8 Å². The van der Waals surface area contributed by atoms with Crippen LogP contribution in [-0.2, 0) is 6.42 Å². The van der Waals surface area contributed by atoms with Gasteiger partial charge in [-0.05, 0) is 13.0 Å². The fraction of sp³-hybridized carbons (Fsp3) is 0.294. The minimum atomic E-state index is -0.157. The third-order valence-electron chi connectivity index (χ3n) is 4.71. The molecule has 2 aromatic heterocycles. The average Bonchev–Trinajstić information content (AvgIpc) is 3.23. The minimum absolute atomic E-state index is 0.113. The Morgan fingerprint density at radius 1 is 1.36 bits per heavy atom. The normalized spacial score (nSPS) is 17.0. The standard InChI is InChI=1S/C17H16Cl2N4O2/c1-8-13-9-3-4-10(18)14(19)15(9)21-11(13)5-6-23(8)17(24)16-20-7-12(22-16)25-2/h3-4,7-8,21H,5-6H2,1-2H3,(H,20,22)/t8-/m1/s1. The summed E-state index contributed by atoms with van der Waals surface area (Å²) in [7, 11) is 1.53. The number of amides is 1. The zero-order valence-electron chi connectivity index (χ0n) is 13.7. The Morgan fingerprint density at radius 3 is 2.88 bits per heavy atom. The molecule has 0 fully saturated rings. The second kappa shape index (κ2) is 5.97. The molecule has 1 aromatic carbocycles. The summed E-state index contributed by atoms with van der Waals surface area (Å²) in [6, 6.07) is 3.61. The number of fused-ring (bicyclic) bond motifs is 3. The molecule has 3 heterocycles. The molecule has 0 radical (unpaired) electrons. The highest BCUT2D eigenvalue weighted by atomic mass is 35.5. The van der Waals surface area contributed by atoms with Gasteiger partial charge in [-0.3, -0.25) is 4.79 Å². The van der Waals surface area contributed by atoms with Gasteiger partial charge < -0.3 is 19.6 Å². The van der Waals surface area contributed by atoms with Gasteiger partial charge in [0.1, 0.15) is 0 Å². The molecule has 4 rings (SSSR count). The van der Waals surface area contributed by atoms with E-state index in [0.29, 0.717) is 28.9 Å². The number of hydrogen-bond donors (Lipinski definition) is 2. The average molecular weight is 379 g/mol. The van der Waals surface area contributed by atoms with Gasteiger partial charge in [0.05, 0.1) is 34.9 Å². The molecule has 0 aliphatic carbocycles. The molecule has 0 spiro atoms. The predicted molar refractivity (Wildman–Crippen MR) is 96.6 cm³/mol. The lowest BCUT2D eigenvalue weighted by Crippen LogP contribution is -2.39. The maximum Gasteiger partial charge on any atom is 0.290 e. The van der Waals surface area contributed by atoms with Gasteiger partial charge in [-0.25, -0.2) is 4.98 Å². The highest BCUT2D eigenvalue weighted by molar-refractivity contribution is 6.45. The molecule has 0 saturated carbocycles. The number of ether oxygens (including phenoxy) is 1. The lowest BCUT2D eigenvalue weighted by Gasteiger charge is -2.33. The molecule has 2 N–H and O–H groups in total. The van der Waals surface area contributed by atoms with E-state index in [4.69, 9.17) is 27.9 Å². The zero-order chi connectivity index (χ0) is 17.7. The van der Waals surface area contributed by atoms with Crippen molar-refractivity contribution < 1.29 is 9.53 Å². The number of methoxy groups -OCH3 is 1. The first-order valence-corrected chi connectivity index (χ1v) is 8.65. The Morgan fingerprint density at radius 2 is 2.16 bits per heavy atom. The molecule has 1 atom stereocenters. The highest BCUT2D eigenvalue weighted by Gasteiger charge is 2.32. The summed E-state index contributed by atoms with van der Waals surface area (Å²) in [6.45, 7) is 2.60. The minimum Gasteiger partial charge on any atom is -0.481 e. The lowest BCUT2D eigenvalue weighted by atomic mass is 9.97. The Kier molecular flexibility index (Phi) is 3.89. The van der Waals surface area contributed by atoms with Gasteiger partial charge in [0.25, 0.3) is 5.91 Å². The number of hydrogen-bond acceptors (Lipinski definition) is 3. The number of nitrogens with zero attached hydrogens (tertiary/aromatic N) is 2. The van der Waals surface area contributed by atoms with E-state index in [1.807, 2.05) is 13.0 Å². The van der Waals surface area contributed by atoms with E-state index in [0.717, 1.165) is 22.2 Å². The van der Waals surface area contributed by atoms with Crippen LogP contribution < -0.4 is 4.74 Å². The molecule has 6 nitrogen and oxygen atoms in total. The number of halogens is 2. The van der Waals surface area contributed by atoms with Crippen LogP contribution in [0.15, 0.2) is 18.3 Å². The van der Waals surface area contributed by atoms with Crippen LogP contribution in [0.2, 0.25) is 10.0 Å². The number of imidazole rings is 1. The van der Waals surface area contributed by atoms with Crippen molar-refractivity contribution >= 4 is 40.0 Å². The number of carbonyl (C=O) groups is 1. The third kappa shape index (κ3) is 2.48. The molecule has 1 amide bonds. The van der Waals surface area contributed by atoms with Gasteiger partial charge in [0.2, 0.25) is 5.88 Å². The molecule has 25 heavy (non-hydrogen) atoms. The molecule has 130 valence electrons. The summed E-state index contributed by atoms with van der Waals surface area (Å²) in [5.74, 6) is 0.575. The summed E-state index contributed by atoms with van der Waals surface area (Å²) < 4.78 is 5.06. The van der Waals surface area contributed by atoms with Crippen LogP contribution in [0.25, 0.3) is 10.9 Å². The van der Waals surface area contributed by atoms with Crippen molar-refractivity contribution in [1.29, 1.82) is 0 Å². The van der Waals surface area contributed by atoms with Crippen LogP contribution in [-0.4, -0.2) is 39.4 Å². The Bertz CT molecular complexity index is 979. The SMILES string of the molecule is COc1cnc(C(=O)N2CCc3[nH]c4c(Cl)c(Cl)ccc4c3[C@H]2C)[nH]1. The molecule has 0 saturated heterocycles. The van der Waals surface area contributed by atoms with E-state index in [1.165, 1.54) is 13.3 Å². The summed E-state index contributed by atoms with van der Waals surface area (Å²) in [6.07, 6.45) is 2.21. The number of aromatic amines is 2. The number of rotatable bonds is 2. The monoisotopic (exact) mass is 378 g/mol. The fourth-order valence-electron chi connectivity index (χ4n) is 3.46. The molecular formula is C17H16Cl2N4O2. The predicted octanol–water partition coefficient (Wildman–Crippen LogP) is 3.97. The quantitative estimate of drug-likeness (QED) is 0.708. The molecule has 3 aromatic rings. The largest absolute Gasteiger partial charge is 0.481 e. The first-order valence-electron chi connectivity index (χ1n) is 7.89. The molecule has 1 aliphatic heterocycles. The number of aromatic nitrogens is 3.